The first-order valence-corrected chi connectivity index (χ1v) is 14.3. The van der Waals surface area contributed by atoms with Gasteiger partial charge in [0, 0.05) is 20.6 Å². The first-order chi connectivity index (χ1) is 16.5. The van der Waals surface area contributed by atoms with Gasteiger partial charge < -0.3 is 19.7 Å². The van der Waals surface area contributed by atoms with Gasteiger partial charge in [0.2, 0.25) is 0 Å². The van der Waals surface area contributed by atoms with Crippen molar-refractivity contribution in [3.8, 4) is 0 Å². The fourth-order valence-corrected chi connectivity index (χ4v) is 3.43. The molecule has 2 N–H and O–H groups in total. The normalized spacial score (nSPS) is 11.1. The summed E-state index contributed by atoms with van der Waals surface area (Å²) in [5.74, 6) is 0.0154. The lowest BCUT2D eigenvalue weighted by Gasteiger charge is -2.05. The lowest BCUT2D eigenvalue weighted by atomic mass is 10.0. The van der Waals surface area contributed by atoms with Gasteiger partial charge in [0.25, 0.3) is 0 Å². The third-order valence-electron chi connectivity index (χ3n) is 5.51. The Labute approximate surface area is 213 Å². The third-order valence-corrected chi connectivity index (χ3v) is 5.51. The van der Waals surface area contributed by atoms with E-state index in [2.05, 4.69) is 18.6 Å². The number of esters is 1. The van der Waals surface area contributed by atoms with E-state index in [4.69, 9.17) is 14.9 Å². The van der Waals surface area contributed by atoms with Crippen molar-refractivity contribution in [2.24, 2.45) is 0 Å². The van der Waals surface area contributed by atoms with Crippen LogP contribution >= 0.6 is 0 Å². The number of aliphatic hydroxyl groups is 2. The fourth-order valence-electron chi connectivity index (χ4n) is 3.43. The molecule has 0 aromatic heterocycles. The summed E-state index contributed by atoms with van der Waals surface area (Å²) in [4.78, 5) is 11.7. The molecule has 1 unspecified atom stereocenters. The quantitative estimate of drug-likeness (QED) is 0.119. The predicted molar refractivity (Wildman–Crippen MR) is 146 cm³/mol. The number of hydrogen-bond donors (Lipinski definition) is 2. The Morgan fingerprint density at radius 2 is 0.941 bits per heavy atom. The second-order valence-corrected chi connectivity index (χ2v) is 9.42. The number of carbonyl (C=O) groups excluding carboxylic acids is 1. The summed E-state index contributed by atoms with van der Waals surface area (Å²) in [6.07, 6.45) is 25.0. The predicted octanol–water partition coefficient (Wildman–Crippen LogP) is 7.99. The Bertz CT molecular complexity index is 347. The number of methoxy groups -OCH3 is 1. The highest BCUT2D eigenvalue weighted by molar-refractivity contribution is 5.69. The van der Waals surface area contributed by atoms with Crippen LogP contribution in [-0.2, 0) is 14.3 Å². The molecule has 0 radical (unpaired) electrons. The van der Waals surface area contributed by atoms with E-state index < -0.39 is 6.10 Å². The van der Waals surface area contributed by atoms with Crippen molar-refractivity contribution in [1.29, 1.82) is 0 Å². The van der Waals surface area contributed by atoms with Gasteiger partial charge >= 0.3 is 5.97 Å². The first-order valence-electron chi connectivity index (χ1n) is 14.3. The van der Waals surface area contributed by atoms with Crippen molar-refractivity contribution in [3.63, 3.8) is 0 Å². The van der Waals surface area contributed by atoms with E-state index >= 15 is 0 Å². The summed E-state index contributed by atoms with van der Waals surface area (Å²) >= 11 is 0. The van der Waals surface area contributed by atoms with Gasteiger partial charge in [-0.15, -0.1) is 0 Å². The first kappa shape index (κ1) is 37.9. The maximum atomic E-state index is 11.7. The van der Waals surface area contributed by atoms with Crippen LogP contribution < -0.4 is 0 Å². The van der Waals surface area contributed by atoms with Crippen molar-refractivity contribution < 1.29 is 24.5 Å². The second kappa shape index (κ2) is 36.9. The van der Waals surface area contributed by atoms with E-state index in [1.165, 1.54) is 116 Å². The average Bonchev–Trinajstić information content (AvgIpc) is 2.82. The molecule has 5 nitrogen and oxygen atoms in total. The van der Waals surface area contributed by atoms with E-state index in [-0.39, 0.29) is 12.6 Å². The topological polar surface area (TPSA) is 76.0 Å². The largest absolute Gasteiger partial charge is 0.466 e. The molecule has 0 rings (SSSR count). The summed E-state index contributed by atoms with van der Waals surface area (Å²) in [5, 5.41) is 16.0. The monoisotopic (exact) mass is 490 g/mol. The smallest absolute Gasteiger partial charge is 0.305 e. The van der Waals surface area contributed by atoms with E-state index in [9.17, 15) is 4.79 Å². The van der Waals surface area contributed by atoms with Crippen LogP contribution in [0.4, 0.5) is 0 Å². The van der Waals surface area contributed by atoms with Crippen LogP contribution in [-0.4, -0.2) is 49.7 Å². The van der Waals surface area contributed by atoms with Crippen molar-refractivity contribution in [3.05, 3.63) is 0 Å². The van der Waals surface area contributed by atoms with Crippen LogP contribution in [0.5, 0.6) is 0 Å². The van der Waals surface area contributed by atoms with Crippen molar-refractivity contribution in [1.82, 2.24) is 0 Å². The second-order valence-electron chi connectivity index (χ2n) is 9.42. The summed E-state index contributed by atoms with van der Waals surface area (Å²) in [5.41, 5.74) is 0. The molecule has 0 saturated heterocycles. The molecule has 0 amide bonds. The Morgan fingerprint density at radius 3 is 1.26 bits per heavy atom. The van der Waals surface area contributed by atoms with E-state index in [1.54, 1.807) is 14.2 Å². The summed E-state index contributed by atoms with van der Waals surface area (Å²) in [6, 6.07) is 0. The fraction of sp³-hybridized carbons (Fsp3) is 0.966. The van der Waals surface area contributed by atoms with E-state index in [1.807, 2.05) is 0 Å². The highest BCUT2D eigenvalue weighted by Crippen LogP contribution is 2.13. The van der Waals surface area contributed by atoms with Crippen molar-refractivity contribution in [2.45, 2.75) is 155 Å². The Balaban J connectivity index is -0.00000103. The van der Waals surface area contributed by atoms with E-state index in [0.29, 0.717) is 13.0 Å². The lowest BCUT2D eigenvalue weighted by molar-refractivity contribution is -0.143. The van der Waals surface area contributed by atoms with Gasteiger partial charge in [-0.25, -0.2) is 0 Å². The lowest BCUT2D eigenvalue weighted by Crippen LogP contribution is -2.05. The zero-order valence-electron chi connectivity index (χ0n) is 23.8. The summed E-state index contributed by atoms with van der Waals surface area (Å²) in [6.45, 7) is 6.53. The molecule has 0 aromatic rings. The van der Waals surface area contributed by atoms with Gasteiger partial charge in [-0.05, 0) is 19.8 Å². The molecule has 208 valence electrons. The van der Waals surface area contributed by atoms with Crippen LogP contribution in [0.1, 0.15) is 149 Å². The summed E-state index contributed by atoms with van der Waals surface area (Å²) < 4.78 is 9.57. The van der Waals surface area contributed by atoms with Gasteiger partial charge in [-0.1, -0.05) is 123 Å². The number of carbonyl (C=O) groups is 1. The van der Waals surface area contributed by atoms with Gasteiger partial charge in [-0.3, -0.25) is 4.79 Å². The number of aliphatic hydroxyl groups excluding tert-OH is 2. The minimum absolute atomic E-state index is 0.0154. The molecule has 0 aromatic carbocycles. The molecule has 0 bridgehead atoms. The number of unbranched alkanes of at least 4 members (excludes halogenated alkanes) is 17. The molecule has 0 fully saturated rings. The van der Waals surface area contributed by atoms with Gasteiger partial charge in [0.15, 0.2) is 0 Å². The third kappa shape index (κ3) is 44.9. The molecule has 34 heavy (non-hydrogen) atoms. The Hall–Kier alpha value is -0.650. The van der Waals surface area contributed by atoms with E-state index in [0.717, 1.165) is 12.8 Å². The molecule has 0 aliphatic rings. The number of hydrogen-bond acceptors (Lipinski definition) is 5. The minimum Gasteiger partial charge on any atom is -0.466 e. The van der Waals surface area contributed by atoms with Crippen molar-refractivity contribution in [2.75, 3.05) is 27.4 Å². The standard InChI is InChI=1S/C24H48O2.C3H8O2.C2H6O/c1-3-5-7-9-11-12-13-14-15-16-17-18-20-22-24(25)26-23-21-19-10-8-6-4-2;1-3(5)2-4;1-3-2/h3-23H2,1-2H3;3-5H,2H2,1H3;1-2H3. The summed E-state index contributed by atoms with van der Waals surface area (Å²) in [7, 11) is 3.25. The zero-order valence-corrected chi connectivity index (χ0v) is 23.8. The highest BCUT2D eigenvalue weighted by atomic mass is 16.5. The molecular formula is C29H62O5. The van der Waals surface area contributed by atoms with Crippen LogP contribution in [0.3, 0.4) is 0 Å². The molecule has 0 spiro atoms. The molecular weight excluding hydrogens is 428 g/mol. The zero-order chi connectivity index (χ0) is 26.1. The molecule has 0 aliphatic heterocycles. The maximum absolute atomic E-state index is 11.7. The van der Waals surface area contributed by atoms with Gasteiger partial charge in [-0.2, -0.15) is 0 Å². The molecule has 0 heterocycles. The van der Waals surface area contributed by atoms with Gasteiger partial charge in [0.1, 0.15) is 0 Å². The number of ether oxygens (including phenoxy) is 2. The van der Waals surface area contributed by atoms with Crippen LogP contribution in [0.25, 0.3) is 0 Å². The molecule has 0 aliphatic carbocycles. The highest BCUT2D eigenvalue weighted by Gasteiger charge is 2.02. The van der Waals surface area contributed by atoms with Crippen LogP contribution in [0.2, 0.25) is 0 Å². The average molecular weight is 491 g/mol. The van der Waals surface area contributed by atoms with Crippen LogP contribution in [0, 0.1) is 0 Å². The maximum Gasteiger partial charge on any atom is 0.305 e. The minimum atomic E-state index is -0.560. The SMILES string of the molecule is CC(O)CO.CCCCCCCCCCCCCCCC(=O)OCCCCCCCC.COC. The van der Waals surface area contributed by atoms with Crippen LogP contribution in [0.15, 0.2) is 0 Å². The molecule has 1 atom stereocenters. The van der Waals surface area contributed by atoms with Gasteiger partial charge in [0.05, 0.1) is 19.3 Å². The molecule has 5 heteroatoms. The Morgan fingerprint density at radius 1 is 0.647 bits per heavy atom. The Kier molecular flexibility index (Phi) is 41.1. The van der Waals surface area contributed by atoms with Crippen molar-refractivity contribution >= 4 is 5.97 Å². The number of rotatable bonds is 22. The molecule has 0 saturated carbocycles.